The number of rotatable bonds is 6. The molecule has 6 nitrogen and oxygen atoms in total. The van der Waals surface area contributed by atoms with Gasteiger partial charge in [0.15, 0.2) is 5.16 Å². The van der Waals surface area contributed by atoms with Gasteiger partial charge in [-0.3, -0.25) is 9.36 Å². The lowest BCUT2D eigenvalue weighted by Crippen LogP contribution is -2.36. The van der Waals surface area contributed by atoms with Crippen molar-refractivity contribution in [1.29, 1.82) is 0 Å². The molecule has 1 amide bonds. The van der Waals surface area contributed by atoms with E-state index in [4.69, 9.17) is 9.72 Å². The molecule has 1 fully saturated rings. The molecule has 1 aliphatic carbocycles. The van der Waals surface area contributed by atoms with Gasteiger partial charge >= 0.3 is 0 Å². The largest absolute Gasteiger partial charge is 0.378 e. The van der Waals surface area contributed by atoms with E-state index in [1.807, 2.05) is 25.1 Å². The standard InChI is InChI=1S/C26H30N4O2S/c1-19(25(31)27-20-11-13-21(14-12-20)29-15-17-32-18-16-29)33-26-28-23-9-5-6-10-24(23)30(26)22-7-3-2-4-8-22/h2-4,7-8,11-14,19H,5-6,9-10,15-18H2,1H3,(H,27,31)/t19-/m0/s1. The first-order valence-corrected chi connectivity index (χ1v) is 12.6. The minimum atomic E-state index is -0.268. The molecular weight excluding hydrogens is 432 g/mol. The Bertz CT molecular complexity index is 1090. The van der Waals surface area contributed by atoms with E-state index in [1.54, 1.807) is 0 Å². The summed E-state index contributed by atoms with van der Waals surface area (Å²) in [4.78, 5) is 20.3. The smallest absolute Gasteiger partial charge is 0.237 e. The summed E-state index contributed by atoms with van der Waals surface area (Å²) in [7, 11) is 0. The summed E-state index contributed by atoms with van der Waals surface area (Å²) in [6, 6.07) is 18.4. The van der Waals surface area contributed by atoms with Gasteiger partial charge in [-0.25, -0.2) is 4.98 Å². The van der Waals surface area contributed by atoms with Crippen molar-refractivity contribution >= 4 is 29.0 Å². The van der Waals surface area contributed by atoms with Crippen LogP contribution in [0, 0.1) is 0 Å². The SMILES string of the molecule is C[C@H](Sc1nc2c(n1-c1ccccc1)CCCC2)C(=O)Nc1ccc(N2CCOCC2)cc1. The summed E-state index contributed by atoms with van der Waals surface area (Å²) >= 11 is 1.53. The molecule has 2 aliphatic rings. The van der Waals surface area contributed by atoms with Crippen LogP contribution in [0.1, 0.15) is 31.2 Å². The molecule has 1 aromatic heterocycles. The first-order valence-electron chi connectivity index (χ1n) is 11.8. The van der Waals surface area contributed by atoms with Gasteiger partial charge in [0.2, 0.25) is 5.91 Å². The Morgan fingerprint density at radius 1 is 1.00 bits per heavy atom. The second-order valence-corrected chi connectivity index (χ2v) is 9.87. The van der Waals surface area contributed by atoms with Crippen molar-refractivity contribution in [3.63, 3.8) is 0 Å². The number of benzene rings is 2. The predicted molar refractivity (Wildman–Crippen MR) is 134 cm³/mol. The number of para-hydroxylation sites is 1. The van der Waals surface area contributed by atoms with E-state index in [9.17, 15) is 4.79 Å². The maximum Gasteiger partial charge on any atom is 0.237 e. The lowest BCUT2D eigenvalue weighted by atomic mass is 10.0. The van der Waals surface area contributed by atoms with Crippen molar-refractivity contribution in [2.75, 3.05) is 36.5 Å². The van der Waals surface area contributed by atoms with Crippen molar-refractivity contribution < 1.29 is 9.53 Å². The summed E-state index contributed by atoms with van der Waals surface area (Å²) in [6.07, 6.45) is 4.41. The molecule has 3 aromatic rings. The number of hydrogen-bond acceptors (Lipinski definition) is 5. The van der Waals surface area contributed by atoms with Crippen LogP contribution in [-0.4, -0.2) is 47.0 Å². The fourth-order valence-electron chi connectivity index (χ4n) is 4.47. The molecule has 0 saturated carbocycles. The first-order chi connectivity index (χ1) is 16.2. The fraction of sp³-hybridized carbons (Fsp3) is 0.385. The third kappa shape index (κ3) is 4.94. The Morgan fingerprint density at radius 3 is 2.48 bits per heavy atom. The Balaban J connectivity index is 1.29. The van der Waals surface area contributed by atoms with Crippen LogP contribution in [0.5, 0.6) is 0 Å². The molecule has 0 unspecified atom stereocenters. The van der Waals surface area contributed by atoms with Crippen LogP contribution in [0.4, 0.5) is 11.4 Å². The number of carbonyl (C=O) groups excluding carboxylic acids is 1. The molecule has 2 aromatic carbocycles. The number of anilines is 2. The quantitative estimate of drug-likeness (QED) is 0.538. The number of ether oxygens (including phenoxy) is 1. The van der Waals surface area contributed by atoms with Gasteiger partial charge in [-0.05, 0) is 69.0 Å². The van der Waals surface area contributed by atoms with Crippen molar-refractivity contribution in [2.45, 2.75) is 43.0 Å². The second kappa shape index (κ2) is 10.0. The monoisotopic (exact) mass is 462 g/mol. The van der Waals surface area contributed by atoms with Gasteiger partial charge in [-0.1, -0.05) is 30.0 Å². The highest BCUT2D eigenvalue weighted by atomic mass is 32.2. The minimum Gasteiger partial charge on any atom is -0.378 e. The van der Waals surface area contributed by atoms with Crippen LogP contribution < -0.4 is 10.2 Å². The molecule has 7 heteroatoms. The zero-order valence-corrected chi connectivity index (χ0v) is 19.8. The van der Waals surface area contributed by atoms with Crippen LogP contribution >= 0.6 is 11.8 Å². The molecule has 0 bridgehead atoms. The van der Waals surface area contributed by atoms with Gasteiger partial charge < -0.3 is 15.0 Å². The van der Waals surface area contributed by atoms with Crippen molar-refractivity contribution in [3.05, 3.63) is 66.0 Å². The average molecular weight is 463 g/mol. The van der Waals surface area contributed by atoms with Crippen LogP contribution in [0.2, 0.25) is 0 Å². The highest BCUT2D eigenvalue weighted by Crippen LogP contribution is 2.33. The van der Waals surface area contributed by atoms with E-state index in [1.165, 1.54) is 36.0 Å². The van der Waals surface area contributed by atoms with E-state index in [0.29, 0.717) is 0 Å². The minimum absolute atomic E-state index is 0.0142. The molecule has 0 radical (unpaired) electrons. The number of nitrogens with zero attached hydrogens (tertiary/aromatic N) is 3. The van der Waals surface area contributed by atoms with Crippen molar-refractivity contribution in [1.82, 2.24) is 9.55 Å². The number of fused-ring (bicyclic) bond motifs is 1. The zero-order chi connectivity index (χ0) is 22.6. The molecule has 0 spiro atoms. The maximum absolute atomic E-state index is 13.0. The zero-order valence-electron chi connectivity index (χ0n) is 19.0. The van der Waals surface area contributed by atoms with E-state index < -0.39 is 0 Å². The Hall–Kier alpha value is -2.77. The summed E-state index contributed by atoms with van der Waals surface area (Å²) in [6.45, 7) is 5.27. The molecule has 5 rings (SSSR count). The third-order valence-electron chi connectivity index (χ3n) is 6.28. The van der Waals surface area contributed by atoms with E-state index in [2.05, 4.69) is 51.2 Å². The van der Waals surface area contributed by atoms with Crippen LogP contribution in [0.15, 0.2) is 59.8 Å². The molecule has 1 saturated heterocycles. The molecule has 1 aliphatic heterocycles. The lowest BCUT2D eigenvalue weighted by Gasteiger charge is -2.28. The normalized spacial score (nSPS) is 16.8. The number of imidazole rings is 1. The van der Waals surface area contributed by atoms with E-state index in [-0.39, 0.29) is 11.2 Å². The molecule has 33 heavy (non-hydrogen) atoms. The second-order valence-electron chi connectivity index (χ2n) is 8.56. The number of thioether (sulfide) groups is 1. The van der Waals surface area contributed by atoms with E-state index >= 15 is 0 Å². The number of nitrogens with one attached hydrogen (secondary N) is 1. The van der Waals surface area contributed by atoms with Gasteiger partial charge in [-0.15, -0.1) is 0 Å². The average Bonchev–Trinajstić information content (AvgIpc) is 3.23. The summed E-state index contributed by atoms with van der Waals surface area (Å²) in [5.74, 6) is -0.0142. The highest BCUT2D eigenvalue weighted by Gasteiger charge is 2.24. The first kappa shape index (κ1) is 22.0. The van der Waals surface area contributed by atoms with Crippen LogP contribution in [0.3, 0.4) is 0 Å². The van der Waals surface area contributed by atoms with Gasteiger partial charge in [0.25, 0.3) is 0 Å². The van der Waals surface area contributed by atoms with Gasteiger partial charge in [-0.2, -0.15) is 0 Å². The molecule has 2 heterocycles. The predicted octanol–water partition coefficient (Wildman–Crippen LogP) is 4.71. The highest BCUT2D eigenvalue weighted by molar-refractivity contribution is 8.00. The topological polar surface area (TPSA) is 59.4 Å². The molecular formula is C26H30N4O2S. The Morgan fingerprint density at radius 2 is 1.73 bits per heavy atom. The van der Waals surface area contributed by atoms with Crippen LogP contribution in [-0.2, 0) is 22.4 Å². The van der Waals surface area contributed by atoms with Crippen LogP contribution in [0.25, 0.3) is 5.69 Å². The lowest BCUT2D eigenvalue weighted by molar-refractivity contribution is -0.115. The van der Waals surface area contributed by atoms with Crippen molar-refractivity contribution in [3.8, 4) is 5.69 Å². The maximum atomic E-state index is 13.0. The van der Waals surface area contributed by atoms with Gasteiger partial charge in [0.1, 0.15) is 0 Å². The number of amides is 1. The van der Waals surface area contributed by atoms with Gasteiger partial charge in [0, 0.05) is 35.8 Å². The Labute approximate surface area is 199 Å². The fourth-order valence-corrected chi connectivity index (χ4v) is 5.44. The van der Waals surface area contributed by atoms with Gasteiger partial charge in [0.05, 0.1) is 24.2 Å². The summed E-state index contributed by atoms with van der Waals surface area (Å²) in [5, 5.41) is 3.71. The van der Waals surface area contributed by atoms with E-state index in [0.717, 1.165) is 61.4 Å². The molecule has 1 N–H and O–H groups in total. The Kier molecular flexibility index (Phi) is 6.69. The number of carbonyl (C=O) groups is 1. The number of hydrogen-bond donors (Lipinski definition) is 1. The number of aryl methyl sites for hydroxylation is 1. The number of aromatic nitrogens is 2. The van der Waals surface area contributed by atoms with Crippen molar-refractivity contribution in [2.24, 2.45) is 0 Å². The molecule has 172 valence electrons. The summed E-state index contributed by atoms with van der Waals surface area (Å²) in [5.41, 5.74) is 5.56. The third-order valence-corrected chi connectivity index (χ3v) is 7.33. The summed E-state index contributed by atoms with van der Waals surface area (Å²) < 4.78 is 7.68. The molecule has 1 atom stereocenters. The number of morpholine rings is 1.